The maximum Gasteiger partial charge on any atom is 0.342 e. The number of thiophene rings is 1. The van der Waals surface area contributed by atoms with Crippen LogP contribution in [-0.2, 0) is 14.3 Å². The number of benzene rings is 1. The minimum atomic E-state index is -0.972. The Balaban J connectivity index is 1.68. The molecule has 0 bridgehead atoms. The standard InChI is InChI=1S/C21H24N2O4S/c1-11-5-9-16(10-6-11)22-18(24)13(3)27-21(26)17-12(2)14(4)28-20(17)23-19(25)15-7-8-15/h5-6,9-10,13,15H,7-8H2,1-4H3,(H,22,24)(H,23,25)/t13-/m1/s1. The maximum atomic E-state index is 12.7. The van der Waals surface area contributed by atoms with Gasteiger partial charge >= 0.3 is 5.97 Å². The molecule has 0 aliphatic heterocycles. The van der Waals surface area contributed by atoms with Crippen LogP contribution in [0.5, 0.6) is 0 Å². The Hall–Kier alpha value is -2.67. The van der Waals surface area contributed by atoms with Crippen molar-refractivity contribution >= 4 is 39.8 Å². The second kappa shape index (κ2) is 8.14. The molecule has 3 rings (SSSR count). The first-order chi connectivity index (χ1) is 13.3. The highest BCUT2D eigenvalue weighted by Gasteiger charge is 2.32. The van der Waals surface area contributed by atoms with Crippen molar-refractivity contribution in [3.63, 3.8) is 0 Å². The Morgan fingerprint density at radius 3 is 2.32 bits per heavy atom. The summed E-state index contributed by atoms with van der Waals surface area (Å²) in [4.78, 5) is 38.1. The van der Waals surface area contributed by atoms with Crippen LogP contribution in [0.2, 0.25) is 0 Å². The molecule has 0 saturated heterocycles. The largest absolute Gasteiger partial charge is 0.449 e. The molecule has 2 N–H and O–H groups in total. The number of rotatable bonds is 6. The Morgan fingerprint density at radius 2 is 1.71 bits per heavy atom. The van der Waals surface area contributed by atoms with E-state index >= 15 is 0 Å². The van der Waals surface area contributed by atoms with Gasteiger partial charge in [0.1, 0.15) is 5.00 Å². The zero-order valence-corrected chi connectivity index (χ0v) is 17.2. The highest BCUT2D eigenvalue weighted by Crippen LogP contribution is 2.36. The topological polar surface area (TPSA) is 84.5 Å². The maximum absolute atomic E-state index is 12.7. The second-order valence-corrected chi connectivity index (χ2v) is 8.38. The molecule has 148 valence electrons. The van der Waals surface area contributed by atoms with Crippen LogP contribution >= 0.6 is 11.3 Å². The molecule has 1 aliphatic rings. The summed E-state index contributed by atoms with van der Waals surface area (Å²) in [6.07, 6.45) is 0.788. The van der Waals surface area contributed by atoms with Crippen LogP contribution < -0.4 is 10.6 Å². The molecule has 28 heavy (non-hydrogen) atoms. The molecular weight excluding hydrogens is 376 g/mol. The molecule has 6 nitrogen and oxygen atoms in total. The quantitative estimate of drug-likeness (QED) is 0.712. The summed E-state index contributed by atoms with van der Waals surface area (Å²) in [6, 6.07) is 7.36. The van der Waals surface area contributed by atoms with E-state index in [0.717, 1.165) is 28.8 Å². The van der Waals surface area contributed by atoms with Gasteiger partial charge in [0.15, 0.2) is 6.10 Å². The second-order valence-electron chi connectivity index (χ2n) is 7.15. The molecule has 2 aromatic rings. The number of esters is 1. The fraction of sp³-hybridized carbons (Fsp3) is 0.381. The number of amides is 2. The zero-order valence-electron chi connectivity index (χ0n) is 16.4. The van der Waals surface area contributed by atoms with Crippen molar-refractivity contribution in [1.82, 2.24) is 0 Å². The molecular formula is C21H24N2O4S. The van der Waals surface area contributed by atoms with Crippen molar-refractivity contribution in [2.24, 2.45) is 5.92 Å². The van der Waals surface area contributed by atoms with E-state index in [-0.39, 0.29) is 11.8 Å². The van der Waals surface area contributed by atoms with Crippen LogP contribution in [0.3, 0.4) is 0 Å². The fourth-order valence-electron chi connectivity index (χ4n) is 2.67. The van der Waals surface area contributed by atoms with Gasteiger partial charge in [-0.3, -0.25) is 9.59 Å². The van der Waals surface area contributed by atoms with Gasteiger partial charge < -0.3 is 15.4 Å². The van der Waals surface area contributed by atoms with E-state index in [1.807, 2.05) is 32.9 Å². The van der Waals surface area contributed by atoms with E-state index in [1.54, 1.807) is 12.1 Å². The van der Waals surface area contributed by atoms with Gasteiger partial charge in [-0.05, 0) is 58.2 Å². The Bertz CT molecular complexity index is 913. The third-order valence-corrected chi connectivity index (χ3v) is 5.87. The van der Waals surface area contributed by atoms with Gasteiger partial charge in [-0.2, -0.15) is 0 Å². The van der Waals surface area contributed by atoms with Crippen molar-refractivity contribution in [2.45, 2.75) is 46.6 Å². The predicted molar refractivity (Wildman–Crippen MR) is 110 cm³/mol. The van der Waals surface area contributed by atoms with Crippen LogP contribution in [0.1, 0.15) is 46.1 Å². The smallest absolute Gasteiger partial charge is 0.342 e. The lowest BCUT2D eigenvalue weighted by Crippen LogP contribution is -2.30. The Labute approximate surface area is 168 Å². The Morgan fingerprint density at radius 1 is 1.07 bits per heavy atom. The Kier molecular flexibility index (Phi) is 5.84. The molecule has 1 saturated carbocycles. The van der Waals surface area contributed by atoms with E-state index in [9.17, 15) is 14.4 Å². The number of hydrogen-bond donors (Lipinski definition) is 2. The van der Waals surface area contributed by atoms with Gasteiger partial charge in [0, 0.05) is 16.5 Å². The van der Waals surface area contributed by atoms with Crippen LogP contribution in [0.25, 0.3) is 0 Å². The van der Waals surface area contributed by atoms with E-state index in [2.05, 4.69) is 10.6 Å². The van der Waals surface area contributed by atoms with Crippen molar-refractivity contribution < 1.29 is 19.1 Å². The third kappa shape index (κ3) is 4.59. The summed E-state index contributed by atoms with van der Waals surface area (Å²) >= 11 is 1.35. The molecule has 2 amide bonds. The summed E-state index contributed by atoms with van der Waals surface area (Å²) in [5.74, 6) is -1.06. The number of anilines is 2. The molecule has 1 aromatic carbocycles. The van der Waals surface area contributed by atoms with E-state index in [0.29, 0.717) is 16.3 Å². The SMILES string of the molecule is Cc1ccc(NC(=O)[C@@H](C)OC(=O)c2c(NC(=O)C3CC3)sc(C)c2C)cc1. The lowest BCUT2D eigenvalue weighted by atomic mass is 10.1. The van der Waals surface area contributed by atoms with E-state index < -0.39 is 18.0 Å². The summed E-state index contributed by atoms with van der Waals surface area (Å²) in [7, 11) is 0. The minimum Gasteiger partial charge on any atom is -0.449 e. The van der Waals surface area contributed by atoms with Crippen molar-refractivity contribution in [3.8, 4) is 0 Å². The van der Waals surface area contributed by atoms with Gasteiger partial charge in [-0.1, -0.05) is 17.7 Å². The number of ether oxygens (including phenoxy) is 1. The fourth-order valence-corrected chi connectivity index (χ4v) is 3.73. The van der Waals surface area contributed by atoms with Gasteiger partial charge in [0.2, 0.25) is 5.91 Å². The van der Waals surface area contributed by atoms with Crippen LogP contribution in [0.15, 0.2) is 24.3 Å². The molecule has 1 atom stereocenters. The first-order valence-corrected chi connectivity index (χ1v) is 10.1. The van der Waals surface area contributed by atoms with E-state index in [4.69, 9.17) is 4.74 Å². The molecule has 1 fully saturated rings. The van der Waals surface area contributed by atoms with Crippen molar-refractivity contribution in [1.29, 1.82) is 0 Å². The van der Waals surface area contributed by atoms with Crippen LogP contribution in [0, 0.1) is 26.7 Å². The van der Waals surface area contributed by atoms with E-state index in [1.165, 1.54) is 18.3 Å². The average Bonchev–Trinajstić information content (AvgIpc) is 3.44. The summed E-state index contributed by atoms with van der Waals surface area (Å²) < 4.78 is 5.39. The number of nitrogens with one attached hydrogen (secondary N) is 2. The molecule has 0 unspecified atom stereocenters. The molecule has 0 radical (unpaired) electrons. The first kappa shape index (κ1) is 20.1. The lowest BCUT2D eigenvalue weighted by molar-refractivity contribution is -0.123. The van der Waals surface area contributed by atoms with Crippen LogP contribution in [0.4, 0.5) is 10.7 Å². The molecule has 1 aromatic heterocycles. The number of aryl methyl sites for hydroxylation is 2. The van der Waals surface area contributed by atoms with Crippen LogP contribution in [-0.4, -0.2) is 23.9 Å². The number of carbonyl (C=O) groups is 3. The first-order valence-electron chi connectivity index (χ1n) is 9.25. The third-order valence-electron chi connectivity index (χ3n) is 4.75. The average molecular weight is 401 g/mol. The predicted octanol–water partition coefficient (Wildman–Crippen LogP) is 4.21. The molecule has 0 spiro atoms. The number of carbonyl (C=O) groups excluding carboxylic acids is 3. The highest BCUT2D eigenvalue weighted by molar-refractivity contribution is 7.16. The summed E-state index contributed by atoms with van der Waals surface area (Å²) in [6.45, 7) is 7.18. The minimum absolute atomic E-state index is 0.0331. The highest BCUT2D eigenvalue weighted by atomic mass is 32.1. The zero-order chi connectivity index (χ0) is 20.4. The normalized spacial score (nSPS) is 14.3. The van der Waals surface area contributed by atoms with Gasteiger partial charge in [-0.15, -0.1) is 11.3 Å². The lowest BCUT2D eigenvalue weighted by Gasteiger charge is -2.14. The monoisotopic (exact) mass is 400 g/mol. The van der Waals surface area contributed by atoms with Gasteiger partial charge in [0.25, 0.3) is 5.91 Å². The van der Waals surface area contributed by atoms with Gasteiger partial charge in [0.05, 0.1) is 5.56 Å². The van der Waals surface area contributed by atoms with Crippen molar-refractivity contribution in [2.75, 3.05) is 10.6 Å². The van der Waals surface area contributed by atoms with Crippen molar-refractivity contribution in [3.05, 3.63) is 45.8 Å². The molecule has 1 heterocycles. The molecule has 1 aliphatic carbocycles. The molecule has 7 heteroatoms. The number of hydrogen-bond acceptors (Lipinski definition) is 5. The van der Waals surface area contributed by atoms with Gasteiger partial charge in [-0.25, -0.2) is 4.79 Å². The summed E-state index contributed by atoms with van der Waals surface area (Å²) in [5, 5.41) is 6.06. The summed E-state index contributed by atoms with van der Waals surface area (Å²) in [5.41, 5.74) is 2.80.